The lowest BCUT2D eigenvalue weighted by Crippen LogP contribution is -2.52. The highest BCUT2D eigenvalue weighted by molar-refractivity contribution is 7.17. The van der Waals surface area contributed by atoms with Crippen LogP contribution in [0.3, 0.4) is 0 Å². The lowest BCUT2D eigenvalue weighted by Gasteiger charge is -2.39. The number of alkyl halides is 1. The van der Waals surface area contributed by atoms with E-state index in [1.165, 1.54) is 11.3 Å². The first-order valence-electron chi connectivity index (χ1n) is 12.2. The molecule has 3 fully saturated rings. The summed E-state index contributed by atoms with van der Waals surface area (Å²) in [5.74, 6) is -0.397. The van der Waals surface area contributed by atoms with Gasteiger partial charge in [0.1, 0.15) is 6.61 Å². The molecule has 35 heavy (non-hydrogen) atoms. The molecule has 0 radical (unpaired) electrons. The van der Waals surface area contributed by atoms with Crippen LogP contribution < -0.4 is 5.32 Å². The fourth-order valence-corrected chi connectivity index (χ4v) is 7.12. The molecule has 4 heterocycles. The Balaban J connectivity index is 1.24. The van der Waals surface area contributed by atoms with E-state index in [9.17, 15) is 14.4 Å². The molecule has 2 aromatic rings. The van der Waals surface area contributed by atoms with Gasteiger partial charge in [0.2, 0.25) is 0 Å². The van der Waals surface area contributed by atoms with Crippen molar-refractivity contribution in [2.75, 3.05) is 19.7 Å². The van der Waals surface area contributed by atoms with Gasteiger partial charge in [-0.05, 0) is 56.0 Å². The number of aryl methyl sites for hydroxylation is 2. The number of likely N-dealkylation sites (tertiary alicyclic amines) is 1. The lowest BCUT2D eigenvalue weighted by atomic mass is 9.80. The number of rotatable bonds is 6. The summed E-state index contributed by atoms with van der Waals surface area (Å²) in [6.07, 6.45) is 5.15. The van der Waals surface area contributed by atoms with Crippen molar-refractivity contribution in [3.63, 3.8) is 0 Å². The van der Waals surface area contributed by atoms with Crippen LogP contribution >= 0.6 is 22.9 Å². The number of nitrogens with one attached hydrogen (secondary N) is 1. The molecule has 5 rings (SSSR count). The highest BCUT2D eigenvalue weighted by atomic mass is 35.5. The van der Waals surface area contributed by atoms with Crippen molar-refractivity contribution in [1.82, 2.24) is 15.2 Å². The second-order valence-electron chi connectivity index (χ2n) is 9.81. The van der Waals surface area contributed by atoms with Crippen LogP contribution in [0, 0.1) is 19.8 Å². The predicted octanol–water partition coefficient (Wildman–Crippen LogP) is 3.54. The largest absolute Gasteiger partial charge is 0.367 e. The number of ketones is 2. The van der Waals surface area contributed by atoms with Crippen LogP contribution in [-0.2, 0) is 14.3 Å². The molecule has 7 nitrogen and oxygen atoms in total. The van der Waals surface area contributed by atoms with E-state index in [2.05, 4.69) is 15.2 Å². The van der Waals surface area contributed by atoms with E-state index in [0.29, 0.717) is 11.4 Å². The molecule has 1 aliphatic carbocycles. The Hall–Kier alpha value is -2.13. The van der Waals surface area contributed by atoms with Gasteiger partial charge in [0, 0.05) is 35.3 Å². The van der Waals surface area contributed by atoms with Crippen molar-refractivity contribution in [2.24, 2.45) is 5.92 Å². The normalized spacial score (nSPS) is 28.8. The van der Waals surface area contributed by atoms with Crippen LogP contribution in [0.2, 0.25) is 0 Å². The van der Waals surface area contributed by atoms with E-state index in [4.69, 9.17) is 16.3 Å². The second kappa shape index (κ2) is 10.1. The van der Waals surface area contributed by atoms with E-state index in [-0.39, 0.29) is 60.1 Å². The number of nitrogens with zero attached hydrogens (tertiary/aromatic N) is 2. The van der Waals surface area contributed by atoms with E-state index in [1.807, 2.05) is 32.2 Å². The number of halogens is 1. The average Bonchev–Trinajstić information content (AvgIpc) is 3.57. The van der Waals surface area contributed by atoms with Gasteiger partial charge < -0.3 is 10.1 Å². The van der Waals surface area contributed by atoms with Crippen molar-refractivity contribution < 1.29 is 19.1 Å². The summed E-state index contributed by atoms with van der Waals surface area (Å²) in [4.78, 5) is 46.6. The molecule has 2 unspecified atom stereocenters. The maximum Gasteiger partial charge on any atom is 0.261 e. The first-order chi connectivity index (χ1) is 16.8. The maximum absolute atomic E-state index is 13.3. The Morgan fingerprint density at radius 3 is 2.89 bits per heavy atom. The Morgan fingerprint density at radius 1 is 1.26 bits per heavy atom. The second-order valence-corrected chi connectivity index (χ2v) is 11.5. The smallest absolute Gasteiger partial charge is 0.261 e. The molecule has 3 aliphatic rings. The van der Waals surface area contributed by atoms with Crippen LogP contribution in [0.25, 0.3) is 10.4 Å². The number of amides is 1. The standard InChI is InChI=1S/C26H30ClN3O4S/c1-14-10-28-15(2)9-17(14)22-7-8-23(35-22)26(33)29-11-20(31)16-5-3-4-6-19(16)30-12-18(27)25-24(30)21(32)13-34-25/h7-10,16,18-19,24-25H,3-6,11-13H2,1-2H3,(H,29,33)/t16?,18-,19?,24+,25+/m0/s1. The maximum atomic E-state index is 13.3. The third kappa shape index (κ3) is 4.81. The minimum absolute atomic E-state index is 0.0152. The van der Waals surface area contributed by atoms with Crippen molar-refractivity contribution >= 4 is 40.4 Å². The van der Waals surface area contributed by atoms with Gasteiger partial charge in [0.25, 0.3) is 5.91 Å². The molecule has 0 spiro atoms. The number of hydrogen-bond acceptors (Lipinski definition) is 7. The van der Waals surface area contributed by atoms with Gasteiger partial charge in [-0.2, -0.15) is 0 Å². The Bertz CT molecular complexity index is 1150. The van der Waals surface area contributed by atoms with Crippen molar-refractivity contribution in [1.29, 1.82) is 0 Å². The number of hydrogen-bond donors (Lipinski definition) is 1. The van der Waals surface area contributed by atoms with Gasteiger partial charge in [-0.1, -0.05) is 12.8 Å². The van der Waals surface area contributed by atoms with Crippen LogP contribution in [0.15, 0.2) is 24.4 Å². The monoisotopic (exact) mass is 515 g/mol. The molecule has 186 valence electrons. The average molecular weight is 516 g/mol. The van der Waals surface area contributed by atoms with Gasteiger partial charge in [-0.3, -0.25) is 24.3 Å². The highest BCUT2D eigenvalue weighted by Crippen LogP contribution is 2.38. The number of pyridine rings is 1. The topological polar surface area (TPSA) is 88.6 Å². The summed E-state index contributed by atoms with van der Waals surface area (Å²) >= 11 is 7.90. The SMILES string of the molecule is Cc1cc(-c2ccc(C(=O)NCC(=O)C3CCCCC3N3C[C@H](Cl)[C@H]4OCC(=O)[C@H]43)s2)c(C)cn1. The molecule has 2 saturated heterocycles. The molecular formula is C26H30ClN3O4S. The quantitative estimate of drug-likeness (QED) is 0.592. The van der Waals surface area contributed by atoms with Gasteiger partial charge in [-0.15, -0.1) is 22.9 Å². The summed E-state index contributed by atoms with van der Waals surface area (Å²) in [6, 6.07) is 5.36. The summed E-state index contributed by atoms with van der Waals surface area (Å²) in [7, 11) is 0. The van der Waals surface area contributed by atoms with Crippen molar-refractivity contribution in [3.8, 4) is 10.4 Å². The number of Topliss-reactive ketones (excluding diaryl/α,β-unsaturated/α-hetero) is 2. The lowest BCUT2D eigenvalue weighted by molar-refractivity contribution is -0.128. The first-order valence-corrected chi connectivity index (χ1v) is 13.5. The third-order valence-electron chi connectivity index (χ3n) is 7.49. The van der Waals surface area contributed by atoms with Crippen LogP contribution in [0.1, 0.15) is 46.6 Å². The fourth-order valence-electron chi connectivity index (χ4n) is 5.74. The number of fused-ring (bicyclic) bond motifs is 1. The number of ether oxygens (including phenoxy) is 1. The Morgan fingerprint density at radius 2 is 2.06 bits per heavy atom. The molecule has 0 aromatic carbocycles. The molecule has 1 saturated carbocycles. The van der Waals surface area contributed by atoms with Crippen LogP contribution in [-0.4, -0.2) is 70.6 Å². The highest BCUT2D eigenvalue weighted by Gasteiger charge is 2.53. The summed E-state index contributed by atoms with van der Waals surface area (Å²) < 4.78 is 5.63. The zero-order chi connectivity index (χ0) is 24.7. The molecular weight excluding hydrogens is 486 g/mol. The van der Waals surface area contributed by atoms with Crippen LogP contribution in [0.4, 0.5) is 0 Å². The fraction of sp³-hybridized carbons (Fsp3) is 0.538. The number of thiophene rings is 1. The Labute approximate surface area is 214 Å². The van der Waals surface area contributed by atoms with Gasteiger partial charge in [0.15, 0.2) is 11.6 Å². The van der Waals surface area contributed by atoms with Gasteiger partial charge in [-0.25, -0.2) is 0 Å². The summed E-state index contributed by atoms with van der Waals surface area (Å²) in [5, 5.41) is 2.59. The summed E-state index contributed by atoms with van der Waals surface area (Å²) in [6.45, 7) is 4.57. The minimum Gasteiger partial charge on any atom is -0.367 e. The zero-order valence-electron chi connectivity index (χ0n) is 20.0. The molecule has 0 bridgehead atoms. The molecule has 5 atom stereocenters. The molecule has 9 heteroatoms. The minimum atomic E-state index is -0.352. The van der Waals surface area contributed by atoms with Gasteiger partial charge >= 0.3 is 0 Å². The van der Waals surface area contributed by atoms with Crippen molar-refractivity contribution in [3.05, 3.63) is 40.5 Å². The summed E-state index contributed by atoms with van der Waals surface area (Å²) in [5.41, 5.74) is 3.04. The van der Waals surface area contributed by atoms with Gasteiger partial charge in [0.05, 0.1) is 28.9 Å². The first kappa shape index (κ1) is 24.6. The number of carbonyl (C=O) groups excluding carboxylic acids is 3. The number of aromatic nitrogens is 1. The van der Waals surface area contributed by atoms with E-state index < -0.39 is 0 Å². The Kier molecular flexibility index (Phi) is 7.08. The molecule has 2 aliphatic heterocycles. The van der Waals surface area contributed by atoms with E-state index >= 15 is 0 Å². The molecule has 2 aromatic heterocycles. The predicted molar refractivity (Wildman–Crippen MR) is 135 cm³/mol. The molecule has 1 N–H and O–H groups in total. The van der Waals surface area contributed by atoms with Crippen LogP contribution in [0.5, 0.6) is 0 Å². The van der Waals surface area contributed by atoms with E-state index in [0.717, 1.165) is 47.4 Å². The van der Waals surface area contributed by atoms with E-state index in [1.54, 1.807) is 6.07 Å². The van der Waals surface area contributed by atoms with Crippen molar-refractivity contribution in [2.45, 2.75) is 63.1 Å². The third-order valence-corrected chi connectivity index (χ3v) is 8.99. The molecule has 1 amide bonds. The number of carbonyl (C=O) groups is 3. The zero-order valence-corrected chi connectivity index (χ0v) is 21.5.